The molecule has 0 saturated carbocycles. The standard InChI is InChI=1S/C31H38BrN3O7/c1-19(2)34-14-8-4-7-13-23(37)41-18-22(20-11-5-3-6-12-20)33-28(38)24-25-29(39)35(15-9-10-16-36)27(30(34)40)31(25)17-21(32)26(24)42-31/h3-6,8,11-12,17,19,22,24-27,36H,7,9-10,13-16,18H2,1-2H3,(H,33,38)/b8-4-/t22-,24-,25+,26-,27-,31+/m1/s1. The first-order valence-corrected chi connectivity index (χ1v) is 15.4. The zero-order chi connectivity index (χ0) is 30.0. The lowest BCUT2D eigenvalue weighted by Crippen LogP contribution is -2.57. The van der Waals surface area contributed by atoms with Crippen molar-refractivity contribution in [3.63, 3.8) is 0 Å². The topological polar surface area (TPSA) is 125 Å². The third kappa shape index (κ3) is 5.54. The Bertz CT molecular complexity index is 1270. The van der Waals surface area contributed by atoms with Gasteiger partial charge in [-0.2, -0.15) is 0 Å². The fraction of sp³-hybridized carbons (Fsp3) is 0.548. The SMILES string of the molecule is CC(C)N1C/C=C\CCC(=O)OC[C@H](c2ccccc2)NC(=O)[C@H]2[C@@H]3O[C@@]4(C=C3Br)[C@@H]2C(=O)N(CCCCO)[C@@H]4C1=O. The highest BCUT2D eigenvalue weighted by molar-refractivity contribution is 9.11. The third-order valence-electron chi connectivity index (χ3n) is 8.59. The number of fused-ring (bicyclic) bond motifs is 2. The monoisotopic (exact) mass is 643 g/mol. The van der Waals surface area contributed by atoms with Crippen molar-refractivity contribution in [3.8, 4) is 0 Å². The van der Waals surface area contributed by atoms with Gasteiger partial charge in [0.1, 0.15) is 24.4 Å². The van der Waals surface area contributed by atoms with E-state index in [0.29, 0.717) is 23.7 Å². The summed E-state index contributed by atoms with van der Waals surface area (Å²) in [5.41, 5.74) is -0.563. The Morgan fingerprint density at radius 3 is 2.57 bits per heavy atom. The quantitative estimate of drug-likeness (QED) is 0.277. The molecule has 1 aromatic rings. The normalized spacial score (nSPS) is 32.6. The number of carbonyl (C=O) groups excluding carboxylic acids is 4. The van der Waals surface area contributed by atoms with Gasteiger partial charge >= 0.3 is 5.97 Å². The summed E-state index contributed by atoms with van der Waals surface area (Å²) in [5.74, 6) is -3.19. The van der Waals surface area contributed by atoms with Crippen molar-refractivity contribution in [1.29, 1.82) is 0 Å². The predicted molar refractivity (Wildman–Crippen MR) is 157 cm³/mol. The molecular formula is C31H38BrN3O7. The van der Waals surface area contributed by atoms with Gasteiger partial charge in [0.15, 0.2) is 0 Å². The number of esters is 1. The Labute approximate surface area is 254 Å². The molecule has 42 heavy (non-hydrogen) atoms. The number of allylic oxidation sites excluding steroid dienone is 1. The Kier molecular flexibility index (Phi) is 9.20. The number of benzene rings is 1. The average molecular weight is 645 g/mol. The fourth-order valence-corrected chi connectivity index (χ4v) is 7.31. The van der Waals surface area contributed by atoms with Crippen LogP contribution in [0.3, 0.4) is 0 Å². The van der Waals surface area contributed by atoms with Gasteiger partial charge in [-0.1, -0.05) is 58.4 Å². The van der Waals surface area contributed by atoms with Gasteiger partial charge in [-0.05, 0) is 44.7 Å². The lowest BCUT2D eigenvalue weighted by Gasteiger charge is -2.37. The second kappa shape index (κ2) is 12.7. The van der Waals surface area contributed by atoms with Crippen molar-refractivity contribution >= 4 is 39.6 Å². The van der Waals surface area contributed by atoms with Crippen molar-refractivity contribution in [2.75, 3.05) is 26.3 Å². The van der Waals surface area contributed by atoms with Crippen molar-refractivity contribution in [2.45, 2.75) is 69.4 Å². The van der Waals surface area contributed by atoms with Crippen LogP contribution in [0.15, 0.2) is 53.0 Å². The molecule has 1 aromatic carbocycles. The molecule has 0 radical (unpaired) electrons. The minimum atomic E-state index is -1.32. The zero-order valence-corrected chi connectivity index (χ0v) is 25.5. The third-order valence-corrected chi connectivity index (χ3v) is 9.27. The number of amides is 3. The van der Waals surface area contributed by atoms with E-state index in [1.807, 2.05) is 56.3 Å². The van der Waals surface area contributed by atoms with Crippen LogP contribution in [0.2, 0.25) is 0 Å². The summed E-state index contributed by atoms with van der Waals surface area (Å²) in [6.07, 6.45) is 6.35. The van der Waals surface area contributed by atoms with Crippen LogP contribution in [-0.4, -0.2) is 88.7 Å². The number of nitrogens with one attached hydrogen (secondary N) is 1. The number of carbonyl (C=O) groups is 4. The number of likely N-dealkylation sites (tertiary alicyclic amines) is 1. The number of nitrogens with zero attached hydrogens (tertiary/aromatic N) is 2. The van der Waals surface area contributed by atoms with Crippen LogP contribution < -0.4 is 5.32 Å². The van der Waals surface area contributed by atoms with E-state index < -0.39 is 47.5 Å². The summed E-state index contributed by atoms with van der Waals surface area (Å²) in [7, 11) is 0. The molecule has 0 aromatic heterocycles. The molecule has 4 aliphatic heterocycles. The Balaban J connectivity index is 1.57. The predicted octanol–water partition coefficient (Wildman–Crippen LogP) is 2.62. The Morgan fingerprint density at radius 1 is 1.10 bits per heavy atom. The summed E-state index contributed by atoms with van der Waals surface area (Å²) in [6, 6.07) is 7.44. The number of cyclic esters (lactones) is 1. The largest absolute Gasteiger partial charge is 0.463 e. The van der Waals surface area contributed by atoms with Gasteiger partial charge in [-0.3, -0.25) is 19.2 Å². The number of aliphatic hydroxyl groups excluding tert-OH is 1. The van der Waals surface area contributed by atoms with E-state index in [4.69, 9.17) is 9.47 Å². The molecule has 2 N–H and O–H groups in total. The first kappa shape index (κ1) is 30.4. The molecule has 11 heteroatoms. The maximum atomic E-state index is 14.4. The number of aliphatic hydroxyl groups is 1. The van der Waals surface area contributed by atoms with Crippen LogP contribution in [-0.2, 0) is 28.7 Å². The van der Waals surface area contributed by atoms with E-state index in [1.165, 1.54) is 0 Å². The molecule has 0 aliphatic carbocycles. The second-order valence-corrected chi connectivity index (χ2v) is 12.5. The van der Waals surface area contributed by atoms with Crippen molar-refractivity contribution in [1.82, 2.24) is 15.1 Å². The first-order valence-electron chi connectivity index (χ1n) is 14.6. The lowest BCUT2D eigenvalue weighted by atomic mass is 9.74. The van der Waals surface area contributed by atoms with E-state index in [2.05, 4.69) is 21.2 Å². The summed E-state index contributed by atoms with van der Waals surface area (Å²) in [6.45, 7) is 4.27. The molecule has 2 saturated heterocycles. The van der Waals surface area contributed by atoms with E-state index >= 15 is 0 Å². The van der Waals surface area contributed by atoms with E-state index in [9.17, 15) is 24.3 Å². The van der Waals surface area contributed by atoms with Gasteiger partial charge in [0.05, 0.1) is 17.9 Å². The van der Waals surface area contributed by atoms with Gasteiger partial charge in [0.25, 0.3) is 0 Å². The zero-order valence-electron chi connectivity index (χ0n) is 23.9. The molecule has 1 spiro atoms. The van der Waals surface area contributed by atoms with Gasteiger partial charge in [0, 0.05) is 36.6 Å². The number of hydrogen-bond donors (Lipinski definition) is 2. The minimum Gasteiger partial charge on any atom is -0.463 e. The molecule has 10 nitrogen and oxygen atoms in total. The molecule has 4 aliphatic rings. The number of unbranched alkanes of at least 4 members (excludes halogenated alkanes) is 1. The molecule has 0 unspecified atom stereocenters. The van der Waals surface area contributed by atoms with Crippen LogP contribution in [0, 0.1) is 11.8 Å². The van der Waals surface area contributed by atoms with Gasteiger partial charge in [-0.25, -0.2) is 0 Å². The van der Waals surface area contributed by atoms with E-state index in [-0.39, 0.29) is 50.6 Å². The minimum absolute atomic E-state index is 0.0291. The van der Waals surface area contributed by atoms with Crippen LogP contribution in [0.1, 0.15) is 51.1 Å². The van der Waals surface area contributed by atoms with Crippen molar-refractivity contribution < 1.29 is 33.8 Å². The van der Waals surface area contributed by atoms with Crippen LogP contribution >= 0.6 is 15.9 Å². The summed E-state index contributed by atoms with van der Waals surface area (Å²) >= 11 is 3.58. The summed E-state index contributed by atoms with van der Waals surface area (Å²) in [5, 5.41) is 12.4. The highest BCUT2D eigenvalue weighted by atomic mass is 79.9. The van der Waals surface area contributed by atoms with E-state index in [0.717, 1.165) is 5.56 Å². The number of rotatable bonds is 6. The highest BCUT2D eigenvalue weighted by Crippen LogP contribution is 2.58. The molecule has 5 rings (SSSR count). The average Bonchev–Trinajstić information content (AvgIpc) is 3.55. The maximum absolute atomic E-state index is 14.4. The number of hydrogen-bond acceptors (Lipinski definition) is 7. The maximum Gasteiger partial charge on any atom is 0.306 e. The van der Waals surface area contributed by atoms with Gasteiger partial charge < -0.3 is 29.7 Å². The molecule has 4 heterocycles. The van der Waals surface area contributed by atoms with Crippen LogP contribution in [0.5, 0.6) is 0 Å². The van der Waals surface area contributed by atoms with E-state index in [1.54, 1.807) is 15.9 Å². The second-order valence-electron chi connectivity index (χ2n) is 11.5. The molecule has 3 amide bonds. The fourth-order valence-electron chi connectivity index (χ4n) is 6.57. The van der Waals surface area contributed by atoms with Gasteiger partial charge in [-0.15, -0.1) is 0 Å². The number of halogens is 1. The molecule has 2 fully saturated rings. The Morgan fingerprint density at radius 2 is 1.86 bits per heavy atom. The van der Waals surface area contributed by atoms with Gasteiger partial charge in [0.2, 0.25) is 17.7 Å². The van der Waals surface area contributed by atoms with Crippen LogP contribution in [0.25, 0.3) is 0 Å². The van der Waals surface area contributed by atoms with Crippen molar-refractivity contribution in [3.05, 3.63) is 58.6 Å². The van der Waals surface area contributed by atoms with Crippen molar-refractivity contribution in [2.24, 2.45) is 11.8 Å². The molecular weight excluding hydrogens is 606 g/mol. The smallest absolute Gasteiger partial charge is 0.306 e. The molecule has 6 atom stereocenters. The lowest BCUT2D eigenvalue weighted by molar-refractivity contribution is -0.148. The van der Waals surface area contributed by atoms with Crippen LogP contribution in [0.4, 0.5) is 0 Å². The number of ether oxygens (including phenoxy) is 2. The molecule has 5 bridgehead atoms. The molecule has 226 valence electrons. The first-order chi connectivity index (χ1) is 20.2. The summed E-state index contributed by atoms with van der Waals surface area (Å²) in [4.78, 5) is 58.4. The highest BCUT2D eigenvalue weighted by Gasteiger charge is 2.74. The Hall–Kier alpha value is -3.02. The summed E-state index contributed by atoms with van der Waals surface area (Å²) < 4.78 is 12.7.